The number of aliphatic imine (C=N–C) groups is 2. The van der Waals surface area contributed by atoms with Crippen molar-refractivity contribution in [3.05, 3.63) is 59.7 Å². The molecule has 5 nitrogen and oxygen atoms in total. The SMILES string of the molecule is C=C(/C=C(\S)NC(=N/C=C\C)C(C)=N/C=C(\C)c1cnn(C)c1)C1CC1. The maximum absolute atomic E-state index is 4.55. The summed E-state index contributed by atoms with van der Waals surface area (Å²) < 4.78 is 1.77. The predicted molar refractivity (Wildman–Crippen MR) is 114 cm³/mol. The third-order valence-corrected chi connectivity index (χ3v) is 4.22. The molecule has 1 aliphatic rings. The minimum atomic E-state index is 0.606. The Balaban J connectivity index is 2.15. The first-order chi connectivity index (χ1) is 12.4. The van der Waals surface area contributed by atoms with Gasteiger partial charge < -0.3 is 5.32 Å². The minimum Gasteiger partial charge on any atom is -0.334 e. The molecular formula is C20H27N5S. The largest absolute Gasteiger partial charge is 0.334 e. The number of hydrogen-bond acceptors (Lipinski definition) is 4. The van der Waals surface area contributed by atoms with Crippen LogP contribution >= 0.6 is 12.6 Å². The van der Waals surface area contributed by atoms with E-state index in [4.69, 9.17) is 0 Å². The van der Waals surface area contributed by atoms with Crippen LogP contribution in [-0.4, -0.2) is 21.3 Å². The van der Waals surface area contributed by atoms with Gasteiger partial charge in [0.2, 0.25) is 0 Å². The van der Waals surface area contributed by atoms with Gasteiger partial charge in [-0.3, -0.25) is 9.67 Å². The number of nitrogens with one attached hydrogen (secondary N) is 1. The van der Waals surface area contributed by atoms with Gasteiger partial charge in [-0.25, -0.2) is 4.99 Å². The van der Waals surface area contributed by atoms with Crippen molar-refractivity contribution in [3.8, 4) is 0 Å². The monoisotopic (exact) mass is 369 g/mol. The van der Waals surface area contributed by atoms with E-state index in [1.165, 1.54) is 12.8 Å². The highest BCUT2D eigenvalue weighted by Gasteiger charge is 2.23. The molecule has 2 rings (SSSR count). The van der Waals surface area contributed by atoms with Crippen LogP contribution in [0.2, 0.25) is 0 Å². The van der Waals surface area contributed by atoms with Crippen LogP contribution in [0, 0.1) is 5.92 Å². The first-order valence-electron chi connectivity index (χ1n) is 8.66. The van der Waals surface area contributed by atoms with Crippen molar-refractivity contribution >= 4 is 29.7 Å². The van der Waals surface area contributed by atoms with Crippen LogP contribution in [0.15, 0.2) is 64.1 Å². The molecule has 1 fully saturated rings. The molecule has 0 spiro atoms. The number of amidine groups is 1. The van der Waals surface area contributed by atoms with Crippen LogP contribution in [-0.2, 0) is 7.05 Å². The summed E-state index contributed by atoms with van der Waals surface area (Å²) in [7, 11) is 1.90. The van der Waals surface area contributed by atoms with E-state index in [0.29, 0.717) is 16.8 Å². The minimum absolute atomic E-state index is 0.606. The molecule has 0 bridgehead atoms. The van der Waals surface area contributed by atoms with E-state index in [1.807, 2.05) is 58.6 Å². The highest BCUT2D eigenvalue weighted by Crippen LogP contribution is 2.36. The topological polar surface area (TPSA) is 54.6 Å². The average molecular weight is 370 g/mol. The lowest BCUT2D eigenvalue weighted by molar-refractivity contribution is 0.767. The summed E-state index contributed by atoms with van der Waals surface area (Å²) in [4.78, 5) is 8.98. The van der Waals surface area contributed by atoms with Crippen molar-refractivity contribution in [2.75, 3.05) is 0 Å². The summed E-state index contributed by atoms with van der Waals surface area (Å²) in [6, 6.07) is 0. The summed E-state index contributed by atoms with van der Waals surface area (Å²) in [5.41, 5.74) is 3.95. The van der Waals surface area contributed by atoms with Gasteiger partial charge >= 0.3 is 0 Å². The van der Waals surface area contributed by atoms with Gasteiger partial charge in [0, 0.05) is 31.2 Å². The normalized spacial score (nSPS) is 17.1. The molecule has 1 aliphatic carbocycles. The predicted octanol–water partition coefficient (Wildman–Crippen LogP) is 4.50. The molecule has 0 aromatic carbocycles. The first-order valence-corrected chi connectivity index (χ1v) is 9.11. The molecule has 6 heteroatoms. The molecule has 0 aliphatic heterocycles. The van der Waals surface area contributed by atoms with Crippen LogP contribution in [0.4, 0.5) is 0 Å². The lowest BCUT2D eigenvalue weighted by Gasteiger charge is -2.09. The summed E-state index contributed by atoms with van der Waals surface area (Å²) in [5, 5.41) is 8.12. The smallest absolute Gasteiger partial charge is 0.152 e. The van der Waals surface area contributed by atoms with E-state index in [0.717, 1.165) is 22.4 Å². The van der Waals surface area contributed by atoms with E-state index < -0.39 is 0 Å². The second-order valence-corrected chi connectivity index (χ2v) is 6.87. The molecule has 1 aromatic heterocycles. The van der Waals surface area contributed by atoms with Gasteiger partial charge in [0.15, 0.2) is 5.84 Å². The zero-order chi connectivity index (χ0) is 19.1. The summed E-state index contributed by atoms with van der Waals surface area (Å²) >= 11 is 4.52. The number of aryl methyl sites for hydroxylation is 1. The number of rotatable bonds is 7. The van der Waals surface area contributed by atoms with Crippen molar-refractivity contribution in [2.24, 2.45) is 23.0 Å². The van der Waals surface area contributed by atoms with E-state index in [-0.39, 0.29) is 0 Å². The lowest BCUT2D eigenvalue weighted by atomic mass is 10.2. The van der Waals surface area contributed by atoms with Crippen LogP contribution in [0.3, 0.4) is 0 Å². The second-order valence-electron chi connectivity index (χ2n) is 6.39. The van der Waals surface area contributed by atoms with Crippen LogP contribution in [0.5, 0.6) is 0 Å². The van der Waals surface area contributed by atoms with Gasteiger partial charge in [-0.2, -0.15) is 5.10 Å². The maximum Gasteiger partial charge on any atom is 0.152 e. The van der Waals surface area contributed by atoms with Crippen molar-refractivity contribution < 1.29 is 0 Å². The standard InChI is InChI=1S/C20H27N5S/c1-6-9-21-20(24-19(26)10-14(2)17-7-8-17)16(4)22-11-15(3)18-12-23-25(5)13-18/h6,9-13,17,26H,2,7-8H2,1,3-5H3,(H,21,24)/b9-6-,15-11+,19-10-,22-16?. The van der Waals surface area contributed by atoms with Crippen LogP contribution in [0.1, 0.15) is 39.2 Å². The number of aromatic nitrogens is 2. The molecule has 26 heavy (non-hydrogen) atoms. The average Bonchev–Trinajstić information content (AvgIpc) is 3.37. The third kappa shape index (κ3) is 6.19. The lowest BCUT2D eigenvalue weighted by Crippen LogP contribution is -2.27. The fourth-order valence-electron chi connectivity index (χ4n) is 2.22. The molecule has 0 radical (unpaired) electrons. The van der Waals surface area contributed by atoms with Crippen LogP contribution in [0.25, 0.3) is 5.57 Å². The van der Waals surface area contributed by atoms with E-state index in [1.54, 1.807) is 10.9 Å². The van der Waals surface area contributed by atoms with Crippen molar-refractivity contribution in [1.82, 2.24) is 15.1 Å². The first kappa shape index (κ1) is 20.0. The van der Waals surface area contributed by atoms with Gasteiger partial charge in [0.05, 0.1) is 16.9 Å². The van der Waals surface area contributed by atoms with Gasteiger partial charge in [0.1, 0.15) is 0 Å². The van der Waals surface area contributed by atoms with Crippen molar-refractivity contribution in [3.63, 3.8) is 0 Å². The van der Waals surface area contributed by atoms with E-state index in [2.05, 4.69) is 39.6 Å². The van der Waals surface area contributed by atoms with Crippen molar-refractivity contribution in [2.45, 2.75) is 33.6 Å². The van der Waals surface area contributed by atoms with E-state index in [9.17, 15) is 0 Å². The number of hydrogen-bond donors (Lipinski definition) is 2. The number of thiol groups is 1. The molecule has 0 saturated heterocycles. The zero-order valence-electron chi connectivity index (χ0n) is 15.9. The number of allylic oxidation sites excluding steroid dienone is 4. The van der Waals surface area contributed by atoms with Gasteiger partial charge in [0.25, 0.3) is 0 Å². The van der Waals surface area contributed by atoms with Crippen molar-refractivity contribution in [1.29, 1.82) is 0 Å². The maximum atomic E-state index is 4.55. The second kappa shape index (κ2) is 9.38. The Bertz CT molecular complexity index is 804. The Morgan fingerprint density at radius 3 is 2.69 bits per heavy atom. The van der Waals surface area contributed by atoms with Crippen LogP contribution < -0.4 is 5.32 Å². The fourth-order valence-corrected chi connectivity index (χ4v) is 2.50. The molecule has 138 valence electrons. The Morgan fingerprint density at radius 1 is 1.38 bits per heavy atom. The quantitative estimate of drug-likeness (QED) is 0.322. The third-order valence-electron chi connectivity index (χ3n) is 3.98. The highest BCUT2D eigenvalue weighted by molar-refractivity contribution is 7.84. The fraction of sp³-hybridized carbons (Fsp3) is 0.350. The molecule has 1 saturated carbocycles. The molecule has 1 aromatic rings. The molecule has 1 heterocycles. The molecular weight excluding hydrogens is 342 g/mol. The molecule has 0 unspecified atom stereocenters. The Kier molecular flexibility index (Phi) is 7.21. The summed E-state index contributed by atoms with van der Waals surface area (Å²) in [6.45, 7) is 9.95. The summed E-state index contributed by atoms with van der Waals surface area (Å²) in [6.07, 6.45) is 13.6. The Morgan fingerprint density at radius 2 is 2.12 bits per heavy atom. The molecule has 1 N–H and O–H groups in total. The summed E-state index contributed by atoms with van der Waals surface area (Å²) in [5.74, 6) is 1.26. The highest BCUT2D eigenvalue weighted by atomic mass is 32.1. The Hall–Kier alpha value is -2.34. The number of nitrogens with zero attached hydrogens (tertiary/aromatic N) is 4. The van der Waals surface area contributed by atoms with Gasteiger partial charge in [-0.05, 0) is 56.8 Å². The molecule has 0 atom stereocenters. The van der Waals surface area contributed by atoms with E-state index >= 15 is 0 Å². The van der Waals surface area contributed by atoms with Gasteiger partial charge in [-0.1, -0.05) is 12.7 Å². The van der Waals surface area contributed by atoms with Gasteiger partial charge in [-0.15, -0.1) is 12.6 Å². The zero-order valence-corrected chi connectivity index (χ0v) is 16.8. The Labute approximate surface area is 161 Å². The molecule has 0 amide bonds.